The van der Waals surface area contributed by atoms with Crippen molar-refractivity contribution in [3.05, 3.63) is 59.2 Å². The first kappa shape index (κ1) is 19.6. The van der Waals surface area contributed by atoms with E-state index in [1.54, 1.807) is 31.2 Å². The van der Waals surface area contributed by atoms with Crippen LogP contribution in [0.15, 0.2) is 36.5 Å². The summed E-state index contributed by atoms with van der Waals surface area (Å²) in [6.45, 7) is 7.06. The molecule has 0 saturated heterocycles. The second kappa shape index (κ2) is 8.08. The molecule has 0 fully saturated rings. The molecule has 26 heavy (non-hydrogen) atoms. The minimum Gasteiger partial charge on any atom is -0.484 e. The fourth-order valence-electron chi connectivity index (χ4n) is 2.43. The molecule has 0 aliphatic carbocycles. The first-order valence-corrected chi connectivity index (χ1v) is 8.33. The molecule has 0 bridgehead atoms. The SMILES string of the molecule is Cc1cccnc1C(=O)CNC(=O)COc1ccc(C(C)(C)C)c(F)c1. The Kier molecular flexibility index (Phi) is 6.08. The van der Waals surface area contributed by atoms with Crippen LogP contribution in [0.3, 0.4) is 0 Å². The van der Waals surface area contributed by atoms with E-state index in [9.17, 15) is 14.0 Å². The van der Waals surface area contributed by atoms with Gasteiger partial charge in [-0.2, -0.15) is 0 Å². The van der Waals surface area contributed by atoms with Crippen molar-refractivity contribution in [2.75, 3.05) is 13.2 Å². The number of Topliss-reactive ketones (excluding diaryl/α,β-unsaturated/α-hetero) is 1. The molecule has 0 aliphatic heterocycles. The zero-order chi connectivity index (χ0) is 19.3. The second-order valence-corrected chi connectivity index (χ2v) is 7.05. The highest BCUT2D eigenvalue weighted by Crippen LogP contribution is 2.27. The fourth-order valence-corrected chi connectivity index (χ4v) is 2.43. The van der Waals surface area contributed by atoms with Crippen LogP contribution in [0.25, 0.3) is 0 Å². The number of ketones is 1. The van der Waals surface area contributed by atoms with Gasteiger partial charge in [0.05, 0.1) is 6.54 Å². The number of halogens is 1. The van der Waals surface area contributed by atoms with E-state index in [0.717, 1.165) is 5.56 Å². The van der Waals surface area contributed by atoms with Crippen molar-refractivity contribution in [3.8, 4) is 5.75 Å². The summed E-state index contributed by atoms with van der Waals surface area (Å²) in [7, 11) is 0. The van der Waals surface area contributed by atoms with Gasteiger partial charge in [-0.3, -0.25) is 14.6 Å². The van der Waals surface area contributed by atoms with Gasteiger partial charge in [0, 0.05) is 12.3 Å². The van der Waals surface area contributed by atoms with Crippen LogP contribution in [-0.4, -0.2) is 29.8 Å². The topological polar surface area (TPSA) is 68.3 Å². The number of pyridine rings is 1. The smallest absolute Gasteiger partial charge is 0.258 e. The zero-order valence-corrected chi connectivity index (χ0v) is 15.4. The Labute approximate surface area is 152 Å². The molecule has 0 aliphatic rings. The number of aromatic nitrogens is 1. The van der Waals surface area contributed by atoms with Gasteiger partial charge < -0.3 is 10.1 Å². The summed E-state index contributed by atoms with van der Waals surface area (Å²) in [5.74, 6) is -0.863. The van der Waals surface area contributed by atoms with Gasteiger partial charge in [0.2, 0.25) is 5.78 Å². The Morgan fingerprint density at radius 1 is 1.23 bits per heavy atom. The van der Waals surface area contributed by atoms with Crippen LogP contribution in [0.4, 0.5) is 4.39 Å². The molecule has 1 aromatic carbocycles. The van der Waals surface area contributed by atoms with Crippen molar-refractivity contribution >= 4 is 11.7 Å². The van der Waals surface area contributed by atoms with Gasteiger partial charge in [-0.1, -0.05) is 32.9 Å². The molecule has 0 unspecified atom stereocenters. The number of rotatable bonds is 6. The number of amides is 1. The molecule has 0 atom stereocenters. The van der Waals surface area contributed by atoms with E-state index in [4.69, 9.17) is 4.74 Å². The van der Waals surface area contributed by atoms with E-state index < -0.39 is 5.91 Å². The fraction of sp³-hybridized carbons (Fsp3) is 0.350. The lowest BCUT2D eigenvalue weighted by atomic mass is 9.87. The summed E-state index contributed by atoms with van der Waals surface area (Å²) < 4.78 is 19.4. The third-order valence-electron chi connectivity index (χ3n) is 3.84. The molecular formula is C20H23FN2O3. The van der Waals surface area contributed by atoms with Gasteiger partial charge in [0.25, 0.3) is 5.91 Å². The Hall–Kier alpha value is -2.76. The third-order valence-corrected chi connectivity index (χ3v) is 3.84. The molecule has 2 rings (SSSR count). The van der Waals surface area contributed by atoms with Crippen LogP contribution in [0.5, 0.6) is 5.75 Å². The van der Waals surface area contributed by atoms with Gasteiger partial charge in [-0.25, -0.2) is 4.39 Å². The molecule has 5 nitrogen and oxygen atoms in total. The lowest BCUT2D eigenvalue weighted by Gasteiger charge is -2.20. The standard InChI is InChI=1S/C20H23FN2O3/c1-13-6-5-9-22-19(13)17(24)11-23-18(25)12-26-14-7-8-15(16(21)10-14)20(2,3)4/h5-10H,11-12H2,1-4H3,(H,23,25). The Morgan fingerprint density at radius 3 is 2.58 bits per heavy atom. The molecule has 0 radical (unpaired) electrons. The van der Waals surface area contributed by atoms with Crippen molar-refractivity contribution in [3.63, 3.8) is 0 Å². The predicted molar refractivity (Wildman–Crippen MR) is 96.9 cm³/mol. The Morgan fingerprint density at radius 2 is 1.96 bits per heavy atom. The third kappa shape index (κ3) is 5.12. The van der Waals surface area contributed by atoms with Gasteiger partial charge in [-0.05, 0) is 35.6 Å². The summed E-state index contributed by atoms with van der Waals surface area (Å²) in [6, 6.07) is 8.05. The summed E-state index contributed by atoms with van der Waals surface area (Å²) in [5.41, 5.74) is 1.33. The van der Waals surface area contributed by atoms with Crippen molar-refractivity contribution in [2.24, 2.45) is 0 Å². The predicted octanol–water partition coefficient (Wildman–Crippen LogP) is 3.20. The molecule has 138 valence electrons. The minimum atomic E-state index is -0.466. The number of carbonyl (C=O) groups is 2. The van der Waals surface area contributed by atoms with Crippen molar-refractivity contribution in [1.29, 1.82) is 0 Å². The molecule has 1 heterocycles. The molecule has 1 N–H and O–H groups in total. The van der Waals surface area contributed by atoms with Crippen molar-refractivity contribution in [2.45, 2.75) is 33.1 Å². The number of ether oxygens (including phenoxy) is 1. The highest BCUT2D eigenvalue weighted by Gasteiger charge is 2.19. The maximum Gasteiger partial charge on any atom is 0.258 e. The van der Waals surface area contributed by atoms with Crippen LogP contribution in [0.2, 0.25) is 0 Å². The molecular weight excluding hydrogens is 335 g/mol. The summed E-state index contributed by atoms with van der Waals surface area (Å²) in [5, 5.41) is 2.48. The lowest BCUT2D eigenvalue weighted by molar-refractivity contribution is -0.122. The zero-order valence-electron chi connectivity index (χ0n) is 15.4. The highest BCUT2D eigenvalue weighted by atomic mass is 19.1. The van der Waals surface area contributed by atoms with E-state index in [2.05, 4.69) is 10.3 Å². The number of aryl methyl sites for hydroxylation is 1. The molecule has 1 aromatic heterocycles. The average molecular weight is 358 g/mol. The number of nitrogens with zero attached hydrogens (tertiary/aromatic N) is 1. The molecule has 1 amide bonds. The maximum absolute atomic E-state index is 14.1. The molecule has 0 spiro atoms. The maximum atomic E-state index is 14.1. The number of nitrogens with one attached hydrogen (secondary N) is 1. The number of carbonyl (C=O) groups excluding carboxylic acids is 2. The monoisotopic (exact) mass is 358 g/mol. The van der Waals surface area contributed by atoms with E-state index in [1.165, 1.54) is 12.3 Å². The van der Waals surface area contributed by atoms with Crippen molar-refractivity contribution in [1.82, 2.24) is 10.3 Å². The molecule has 6 heteroatoms. The quantitative estimate of drug-likeness (QED) is 0.805. The summed E-state index contributed by atoms with van der Waals surface area (Å²) >= 11 is 0. The normalized spacial score (nSPS) is 11.1. The van der Waals surface area contributed by atoms with E-state index in [1.807, 2.05) is 20.8 Å². The van der Waals surface area contributed by atoms with Gasteiger partial charge in [0.15, 0.2) is 6.61 Å². The van der Waals surface area contributed by atoms with Gasteiger partial charge >= 0.3 is 0 Å². The first-order valence-electron chi connectivity index (χ1n) is 8.33. The van der Waals surface area contributed by atoms with Crippen molar-refractivity contribution < 1.29 is 18.7 Å². The number of hydrogen-bond donors (Lipinski definition) is 1. The first-order chi connectivity index (χ1) is 12.2. The second-order valence-electron chi connectivity index (χ2n) is 7.05. The largest absolute Gasteiger partial charge is 0.484 e. The van der Waals surface area contributed by atoms with E-state index in [-0.39, 0.29) is 35.9 Å². The number of benzene rings is 1. The van der Waals surface area contributed by atoms with E-state index in [0.29, 0.717) is 11.3 Å². The van der Waals surface area contributed by atoms with Crippen LogP contribution >= 0.6 is 0 Å². The van der Waals surface area contributed by atoms with Crippen LogP contribution in [0, 0.1) is 12.7 Å². The lowest BCUT2D eigenvalue weighted by Crippen LogP contribution is -2.33. The molecule has 2 aromatic rings. The Balaban J connectivity index is 1.86. The van der Waals surface area contributed by atoms with Crippen LogP contribution in [0.1, 0.15) is 42.4 Å². The molecule has 0 saturated carbocycles. The highest BCUT2D eigenvalue weighted by molar-refractivity contribution is 5.98. The van der Waals surface area contributed by atoms with E-state index >= 15 is 0 Å². The average Bonchev–Trinajstić information content (AvgIpc) is 2.57. The van der Waals surface area contributed by atoms with Crippen LogP contribution in [-0.2, 0) is 10.2 Å². The Bertz CT molecular complexity index is 813. The summed E-state index contributed by atoms with van der Waals surface area (Å²) in [6.07, 6.45) is 1.53. The van der Waals surface area contributed by atoms with Gasteiger partial charge in [0.1, 0.15) is 17.3 Å². The summed E-state index contributed by atoms with van der Waals surface area (Å²) in [4.78, 5) is 27.9. The number of hydrogen-bond acceptors (Lipinski definition) is 4. The van der Waals surface area contributed by atoms with Gasteiger partial charge in [-0.15, -0.1) is 0 Å². The minimum absolute atomic E-state index is 0.169. The van der Waals surface area contributed by atoms with Crippen LogP contribution < -0.4 is 10.1 Å².